The van der Waals surface area contributed by atoms with Crippen molar-refractivity contribution in [1.29, 1.82) is 5.26 Å². The van der Waals surface area contributed by atoms with Gasteiger partial charge in [0.2, 0.25) is 0 Å². The lowest BCUT2D eigenvalue weighted by Crippen LogP contribution is -2.43. The van der Waals surface area contributed by atoms with Gasteiger partial charge in [-0.15, -0.1) is 0 Å². The van der Waals surface area contributed by atoms with E-state index in [0.29, 0.717) is 17.0 Å². The van der Waals surface area contributed by atoms with Crippen LogP contribution in [0.4, 0.5) is 0 Å². The molecule has 5 heteroatoms. The van der Waals surface area contributed by atoms with E-state index in [0.717, 1.165) is 18.6 Å². The van der Waals surface area contributed by atoms with Gasteiger partial charge in [0.05, 0.1) is 11.1 Å². The number of hydrogen-bond acceptors (Lipinski definition) is 3. The minimum atomic E-state index is -0.0404. The second-order valence-corrected chi connectivity index (χ2v) is 5.94. The molecule has 4 rings (SSSR count). The molecule has 2 aliphatic heterocycles. The van der Waals surface area contributed by atoms with Crippen molar-refractivity contribution in [3.05, 3.63) is 41.7 Å². The molecule has 2 bridgehead atoms. The minimum absolute atomic E-state index is 0.0404. The fourth-order valence-corrected chi connectivity index (χ4v) is 3.53. The van der Waals surface area contributed by atoms with Gasteiger partial charge in [-0.25, -0.2) is 0 Å². The molecule has 3 atom stereocenters. The zero-order valence-electron chi connectivity index (χ0n) is 11.6. The highest BCUT2D eigenvalue weighted by Gasteiger charge is 2.38. The fourth-order valence-electron chi connectivity index (χ4n) is 3.53. The van der Waals surface area contributed by atoms with Crippen LogP contribution in [-0.2, 0) is 0 Å². The molecule has 0 radical (unpaired) electrons. The molecule has 106 valence electrons. The number of nitriles is 1. The van der Waals surface area contributed by atoms with Crippen LogP contribution in [0.1, 0.15) is 22.3 Å². The number of nitrogens with zero attached hydrogens (tertiary/aromatic N) is 3. The number of pyridine rings is 1. The Balaban J connectivity index is 1.58. The van der Waals surface area contributed by atoms with E-state index in [9.17, 15) is 4.79 Å². The average molecular weight is 280 g/mol. The Labute approximate surface area is 122 Å². The molecular formula is C16H16N4O. The molecule has 21 heavy (non-hydrogen) atoms. The lowest BCUT2D eigenvalue weighted by Gasteiger charge is -2.23. The first-order valence-corrected chi connectivity index (χ1v) is 7.28. The molecular weight excluding hydrogens is 264 g/mol. The highest BCUT2D eigenvalue weighted by molar-refractivity contribution is 5.95. The molecule has 2 fully saturated rings. The summed E-state index contributed by atoms with van der Waals surface area (Å²) >= 11 is 0. The van der Waals surface area contributed by atoms with Gasteiger partial charge in [-0.3, -0.25) is 4.79 Å². The molecule has 2 saturated heterocycles. The molecule has 2 unspecified atom stereocenters. The molecule has 2 aliphatic rings. The maximum atomic E-state index is 12.4. The summed E-state index contributed by atoms with van der Waals surface area (Å²) in [4.78, 5) is 14.8. The maximum Gasteiger partial charge on any atom is 0.251 e. The topological polar surface area (TPSA) is 60.5 Å². The number of rotatable bonds is 2. The first kappa shape index (κ1) is 12.4. The van der Waals surface area contributed by atoms with Gasteiger partial charge in [-0.1, -0.05) is 0 Å². The normalized spacial score (nSPS) is 26.9. The van der Waals surface area contributed by atoms with E-state index in [-0.39, 0.29) is 11.9 Å². The van der Waals surface area contributed by atoms with Crippen LogP contribution in [0.3, 0.4) is 0 Å². The zero-order chi connectivity index (χ0) is 14.4. The van der Waals surface area contributed by atoms with Crippen LogP contribution in [0.25, 0.3) is 5.52 Å². The van der Waals surface area contributed by atoms with Gasteiger partial charge in [0, 0.05) is 37.1 Å². The van der Waals surface area contributed by atoms with Gasteiger partial charge in [0.1, 0.15) is 6.07 Å². The second kappa shape index (κ2) is 4.61. The minimum Gasteiger partial charge on any atom is -0.348 e. The molecule has 4 heterocycles. The van der Waals surface area contributed by atoms with Gasteiger partial charge in [0.15, 0.2) is 0 Å². The van der Waals surface area contributed by atoms with Crippen molar-refractivity contribution in [3.8, 4) is 6.07 Å². The maximum absolute atomic E-state index is 12.4. The number of piperidine rings is 1. The highest BCUT2D eigenvalue weighted by atomic mass is 16.1. The van der Waals surface area contributed by atoms with Crippen LogP contribution in [0.2, 0.25) is 0 Å². The molecule has 0 aliphatic carbocycles. The highest BCUT2D eigenvalue weighted by Crippen LogP contribution is 2.28. The third kappa shape index (κ3) is 1.99. The van der Waals surface area contributed by atoms with Crippen LogP contribution in [0, 0.1) is 17.2 Å². The van der Waals surface area contributed by atoms with Crippen LogP contribution in [0.5, 0.6) is 0 Å². The molecule has 2 aromatic rings. The van der Waals surface area contributed by atoms with E-state index in [1.807, 2.05) is 16.8 Å². The largest absolute Gasteiger partial charge is 0.348 e. The number of fused-ring (bicyclic) bond motifs is 3. The van der Waals surface area contributed by atoms with E-state index >= 15 is 0 Å². The van der Waals surface area contributed by atoms with Crippen molar-refractivity contribution in [1.82, 2.24) is 14.6 Å². The number of nitrogens with one attached hydrogen (secondary N) is 1. The van der Waals surface area contributed by atoms with Gasteiger partial charge < -0.3 is 14.6 Å². The summed E-state index contributed by atoms with van der Waals surface area (Å²) in [5.41, 5.74) is 1.99. The Morgan fingerprint density at radius 3 is 2.90 bits per heavy atom. The molecule has 1 N–H and O–H groups in total. The first-order chi connectivity index (χ1) is 10.2. The number of hydrogen-bond donors (Lipinski definition) is 1. The van der Waals surface area contributed by atoms with E-state index in [4.69, 9.17) is 5.26 Å². The monoisotopic (exact) mass is 280 g/mol. The summed E-state index contributed by atoms with van der Waals surface area (Å²) < 4.78 is 1.86. The second-order valence-electron chi connectivity index (χ2n) is 5.94. The van der Waals surface area contributed by atoms with Crippen molar-refractivity contribution < 1.29 is 4.79 Å². The van der Waals surface area contributed by atoms with Crippen LogP contribution in [0.15, 0.2) is 30.6 Å². The molecule has 0 spiro atoms. The third-order valence-corrected chi connectivity index (χ3v) is 4.69. The van der Waals surface area contributed by atoms with Gasteiger partial charge in [0.25, 0.3) is 5.91 Å². The molecule has 2 aromatic heterocycles. The Morgan fingerprint density at radius 1 is 1.33 bits per heavy atom. The number of aromatic nitrogens is 1. The standard InChI is InChI=1S/C16H16N4O/c17-8-12-3-6-20-5-2-11(7-15(12)20)16(21)18-14-10-19-4-1-13(14)9-19/h2-3,5-7,13-14H,1,4,9-10H2,(H,18,21)/t13-,14?/m0/s1. The van der Waals surface area contributed by atoms with Crippen LogP contribution < -0.4 is 5.32 Å². The molecule has 1 amide bonds. The number of carbonyl (C=O) groups is 1. The third-order valence-electron chi connectivity index (χ3n) is 4.69. The smallest absolute Gasteiger partial charge is 0.251 e. The van der Waals surface area contributed by atoms with Gasteiger partial charge in [-0.2, -0.15) is 5.26 Å². The summed E-state index contributed by atoms with van der Waals surface area (Å²) in [7, 11) is 0. The lowest BCUT2D eigenvalue weighted by atomic mass is 9.99. The SMILES string of the molecule is N#Cc1ccn2ccc(C(=O)NC3CN4CC[C@H]3C4)cc12. The van der Waals surface area contributed by atoms with Crippen molar-refractivity contribution >= 4 is 11.4 Å². The summed E-state index contributed by atoms with van der Waals surface area (Å²) in [5, 5.41) is 12.2. The van der Waals surface area contributed by atoms with Gasteiger partial charge >= 0.3 is 0 Å². The Morgan fingerprint density at radius 2 is 2.19 bits per heavy atom. The van der Waals surface area contributed by atoms with Crippen LogP contribution in [-0.4, -0.2) is 40.9 Å². The average Bonchev–Trinajstić information content (AvgIpc) is 3.21. The fraction of sp³-hybridized carbons (Fsp3) is 0.375. The van der Waals surface area contributed by atoms with Crippen molar-refractivity contribution in [2.24, 2.45) is 5.92 Å². The van der Waals surface area contributed by atoms with E-state index in [2.05, 4.69) is 16.3 Å². The van der Waals surface area contributed by atoms with Crippen molar-refractivity contribution in [2.45, 2.75) is 12.5 Å². The summed E-state index contributed by atoms with van der Waals surface area (Å²) in [5.74, 6) is 0.557. The predicted molar refractivity (Wildman–Crippen MR) is 77.9 cm³/mol. The van der Waals surface area contributed by atoms with E-state index in [1.165, 1.54) is 13.0 Å². The zero-order valence-corrected chi connectivity index (χ0v) is 11.6. The number of amides is 1. The van der Waals surface area contributed by atoms with Crippen molar-refractivity contribution in [2.75, 3.05) is 19.6 Å². The van der Waals surface area contributed by atoms with Gasteiger partial charge in [-0.05, 0) is 37.1 Å². The van der Waals surface area contributed by atoms with Crippen molar-refractivity contribution in [3.63, 3.8) is 0 Å². The quantitative estimate of drug-likeness (QED) is 0.900. The predicted octanol–water partition coefficient (Wildman–Crippen LogP) is 1.24. The van der Waals surface area contributed by atoms with E-state index < -0.39 is 0 Å². The Hall–Kier alpha value is -2.32. The number of carbonyl (C=O) groups excluding carboxylic acids is 1. The Kier molecular flexibility index (Phi) is 2.72. The molecule has 0 aromatic carbocycles. The van der Waals surface area contributed by atoms with E-state index in [1.54, 1.807) is 18.2 Å². The summed E-state index contributed by atoms with van der Waals surface area (Å²) in [6.07, 6.45) is 4.84. The lowest BCUT2D eigenvalue weighted by molar-refractivity contribution is 0.0924. The summed E-state index contributed by atoms with van der Waals surface area (Å²) in [6, 6.07) is 7.78. The molecule has 5 nitrogen and oxygen atoms in total. The summed E-state index contributed by atoms with van der Waals surface area (Å²) in [6.45, 7) is 3.24. The Bertz CT molecular complexity index is 757. The van der Waals surface area contributed by atoms with Crippen LogP contribution >= 0.6 is 0 Å². The first-order valence-electron chi connectivity index (χ1n) is 7.28. The molecule has 0 saturated carbocycles.